The molecule has 0 aliphatic heterocycles. The summed E-state index contributed by atoms with van der Waals surface area (Å²) in [5.41, 5.74) is 4.71. The average molecular weight is 322 g/mol. The molecule has 0 aliphatic carbocycles. The maximum Gasteiger partial charge on any atom is 0.0592 e. The monoisotopic (exact) mass is 321 g/mol. The van der Waals surface area contributed by atoms with E-state index < -0.39 is 0 Å². The number of hydrogen-bond donors (Lipinski definition) is 1. The Morgan fingerprint density at radius 3 is 2.43 bits per heavy atom. The molecule has 2 aromatic carbocycles. The maximum absolute atomic E-state index is 6.49. The summed E-state index contributed by atoms with van der Waals surface area (Å²) in [4.78, 5) is 0. The number of halogens is 2. The molecule has 1 nitrogen and oxygen atoms in total. The zero-order valence-corrected chi connectivity index (χ0v) is 14.2. The average Bonchev–Trinajstić information content (AvgIpc) is 2.44. The zero-order chi connectivity index (χ0) is 15.4. The highest BCUT2D eigenvalue weighted by atomic mass is 35.5. The van der Waals surface area contributed by atoms with E-state index in [1.807, 2.05) is 24.3 Å². The fraction of sp³-hybridized carbons (Fsp3) is 0.333. The Kier molecular flexibility index (Phi) is 5.69. The Bertz CT molecular complexity index is 623. The van der Waals surface area contributed by atoms with Gasteiger partial charge in [0.2, 0.25) is 0 Å². The summed E-state index contributed by atoms with van der Waals surface area (Å²) in [6.07, 6.45) is 1.07. The number of aryl methyl sites for hydroxylation is 2. The van der Waals surface area contributed by atoms with Crippen LogP contribution in [-0.4, -0.2) is 6.54 Å². The van der Waals surface area contributed by atoms with Gasteiger partial charge in [-0.15, -0.1) is 0 Å². The standard InChI is InChI=1S/C18H21Cl2N/c1-4-8-21-18(14-6-5-7-15(19)11-14)16-9-12(2)13(3)10-17(16)20/h5-7,9-11,18,21H,4,8H2,1-3H3. The number of rotatable bonds is 5. The van der Waals surface area contributed by atoms with Gasteiger partial charge in [-0.1, -0.05) is 48.3 Å². The summed E-state index contributed by atoms with van der Waals surface area (Å²) in [5, 5.41) is 5.12. The van der Waals surface area contributed by atoms with E-state index in [4.69, 9.17) is 23.2 Å². The molecule has 0 saturated carbocycles. The van der Waals surface area contributed by atoms with Gasteiger partial charge < -0.3 is 5.32 Å². The predicted octanol–water partition coefficient (Wildman–Crippen LogP) is 5.70. The normalized spacial score (nSPS) is 12.4. The van der Waals surface area contributed by atoms with Crippen LogP contribution in [0.3, 0.4) is 0 Å². The molecule has 0 bridgehead atoms. The molecule has 1 atom stereocenters. The van der Waals surface area contributed by atoms with Gasteiger partial charge in [0, 0.05) is 10.0 Å². The first-order valence-electron chi connectivity index (χ1n) is 7.28. The summed E-state index contributed by atoms with van der Waals surface area (Å²) in [6.45, 7) is 7.29. The highest BCUT2D eigenvalue weighted by Gasteiger charge is 2.17. The van der Waals surface area contributed by atoms with Crippen molar-refractivity contribution >= 4 is 23.2 Å². The van der Waals surface area contributed by atoms with E-state index in [0.29, 0.717) is 0 Å². The van der Waals surface area contributed by atoms with Crippen LogP contribution in [0.2, 0.25) is 10.0 Å². The third-order valence-corrected chi connectivity index (χ3v) is 4.27. The van der Waals surface area contributed by atoms with Crippen LogP contribution in [0.15, 0.2) is 36.4 Å². The van der Waals surface area contributed by atoms with Gasteiger partial charge in [0.05, 0.1) is 6.04 Å². The van der Waals surface area contributed by atoms with Crippen molar-refractivity contribution in [2.24, 2.45) is 0 Å². The molecule has 21 heavy (non-hydrogen) atoms. The first-order valence-corrected chi connectivity index (χ1v) is 8.04. The second-order valence-electron chi connectivity index (χ2n) is 5.40. The summed E-state index contributed by atoms with van der Waals surface area (Å²) in [5.74, 6) is 0. The molecule has 0 spiro atoms. The summed E-state index contributed by atoms with van der Waals surface area (Å²) in [6, 6.07) is 12.2. The van der Waals surface area contributed by atoms with E-state index in [9.17, 15) is 0 Å². The Hall–Kier alpha value is -1.02. The topological polar surface area (TPSA) is 12.0 Å². The molecule has 0 fully saturated rings. The molecule has 1 unspecified atom stereocenters. The van der Waals surface area contributed by atoms with Gasteiger partial charge >= 0.3 is 0 Å². The molecule has 3 heteroatoms. The molecular formula is C18H21Cl2N. The summed E-state index contributed by atoms with van der Waals surface area (Å²) in [7, 11) is 0. The largest absolute Gasteiger partial charge is 0.306 e. The number of benzene rings is 2. The fourth-order valence-corrected chi connectivity index (χ4v) is 2.93. The van der Waals surface area contributed by atoms with Crippen molar-refractivity contribution < 1.29 is 0 Å². The highest BCUT2D eigenvalue weighted by Crippen LogP contribution is 2.31. The molecule has 0 aliphatic rings. The second kappa shape index (κ2) is 7.31. The van der Waals surface area contributed by atoms with Crippen LogP contribution in [0.5, 0.6) is 0 Å². The molecule has 0 saturated heterocycles. The second-order valence-corrected chi connectivity index (χ2v) is 6.24. The smallest absolute Gasteiger partial charge is 0.0592 e. The maximum atomic E-state index is 6.49. The van der Waals surface area contributed by atoms with Crippen molar-refractivity contribution in [3.8, 4) is 0 Å². The van der Waals surface area contributed by atoms with E-state index in [2.05, 4.69) is 38.2 Å². The van der Waals surface area contributed by atoms with Gasteiger partial charge in [-0.05, 0) is 67.3 Å². The minimum absolute atomic E-state index is 0.0652. The number of nitrogens with one attached hydrogen (secondary N) is 1. The van der Waals surface area contributed by atoms with Crippen LogP contribution >= 0.6 is 23.2 Å². The first kappa shape index (κ1) is 16.4. The predicted molar refractivity (Wildman–Crippen MR) is 92.5 cm³/mol. The molecule has 1 N–H and O–H groups in total. The third-order valence-electron chi connectivity index (χ3n) is 3.70. The van der Waals surface area contributed by atoms with Gasteiger partial charge in [-0.25, -0.2) is 0 Å². The highest BCUT2D eigenvalue weighted by molar-refractivity contribution is 6.31. The van der Waals surface area contributed by atoms with Crippen LogP contribution < -0.4 is 5.32 Å². The van der Waals surface area contributed by atoms with Crippen molar-refractivity contribution in [2.45, 2.75) is 33.2 Å². The summed E-state index contributed by atoms with van der Waals surface area (Å²) >= 11 is 12.6. The SMILES string of the molecule is CCCNC(c1cccc(Cl)c1)c1cc(C)c(C)cc1Cl. The van der Waals surface area contributed by atoms with Crippen molar-refractivity contribution in [1.29, 1.82) is 0 Å². The van der Waals surface area contributed by atoms with Gasteiger partial charge in [-0.3, -0.25) is 0 Å². The molecule has 0 heterocycles. The van der Waals surface area contributed by atoms with E-state index in [1.165, 1.54) is 11.1 Å². The minimum Gasteiger partial charge on any atom is -0.306 e. The molecular weight excluding hydrogens is 301 g/mol. The minimum atomic E-state index is 0.0652. The van der Waals surface area contributed by atoms with Crippen LogP contribution in [-0.2, 0) is 0 Å². The molecule has 2 aromatic rings. The Morgan fingerprint density at radius 2 is 1.76 bits per heavy atom. The first-order chi connectivity index (χ1) is 10.0. The van der Waals surface area contributed by atoms with E-state index in [0.717, 1.165) is 34.1 Å². The fourth-order valence-electron chi connectivity index (χ4n) is 2.41. The lowest BCUT2D eigenvalue weighted by atomic mass is 9.95. The number of hydrogen-bond acceptors (Lipinski definition) is 1. The van der Waals surface area contributed by atoms with Crippen molar-refractivity contribution in [2.75, 3.05) is 6.54 Å². The Morgan fingerprint density at radius 1 is 1.05 bits per heavy atom. The lowest BCUT2D eigenvalue weighted by Gasteiger charge is -2.22. The molecule has 0 amide bonds. The van der Waals surface area contributed by atoms with Gasteiger partial charge in [0.15, 0.2) is 0 Å². The Balaban J connectivity index is 2.47. The van der Waals surface area contributed by atoms with E-state index in [1.54, 1.807) is 0 Å². The van der Waals surface area contributed by atoms with Crippen molar-refractivity contribution in [1.82, 2.24) is 5.32 Å². The summed E-state index contributed by atoms with van der Waals surface area (Å²) < 4.78 is 0. The Labute approximate surface area is 137 Å². The zero-order valence-electron chi connectivity index (χ0n) is 12.7. The molecule has 112 valence electrons. The molecule has 2 rings (SSSR count). The lowest BCUT2D eigenvalue weighted by Crippen LogP contribution is -2.23. The van der Waals surface area contributed by atoms with Crippen LogP contribution in [0, 0.1) is 13.8 Å². The van der Waals surface area contributed by atoms with Gasteiger partial charge in [0.1, 0.15) is 0 Å². The van der Waals surface area contributed by atoms with Crippen LogP contribution in [0.25, 0.3) is 0 Å². The van der Waals surface area contributed by atoms with E-state index in [-0.39, 0.29) is 6.04 Å². The van der Waals surface area contributed by atoms with E-state index >= 15 is 0 Å². The van der Waals surface area contributed by atoms with Crippen molar-refractivity contribution in [3.05, 3.63) is 68.7 Å². The molecule has 0 aromatic heterocycles. The van der Waals surface area contributed by atoms with Crippen LogP contribution in [0.1, 0.15) is 41.6 Å². The van der Waals surface area contributed by atoms with Crippen molar-refractivity contribution in [3.63, 3.8) is 0 Å². The quantitative estimate of drug-likeness (QED) is 0.744. The van der Waals surface area contributed by atoms with Gasteiger partial charge in [-0.2, -0.15) is 0 Å². The van der Waals surface area contributed by atoms with Crippen LogP contribution in [0.4, 0.5) is 0 Å². The van der Waals surface area contributed by atoms with Gasteiger partial charge in [0.25, 0.3) is 0 Å². The molecule has 0 radical (unpaired) electrons. The third kappa shape index (κ3) is 4.00. The lowest BCUT2D eigenvalue weighted by molar-refractivity contribution is 0.598.